The van der Waals surface area contributed by atoms with Gasteiger partial charge < -0.3 is 5.32 Å². The topological polar surface area (TPSA) is 24.9 Å². The van der Waals surface area contributed by atoms with Crippen LogP contribution in [0.15, 0.2) is 30.3 Å². The molecule has 0 aliphatic carbocycles. The molecule has 1 N–H and O–H groups in total. The lowest BCUT2D eigenvalue weighted by atomic mass is 10.3. The summed E-state index contributed by atoms with van der Waals surface area (Å²) < 4.78 is 0. The molecule has 78 valence electrons. The molecule has 3 heteroatoms. The third kappa shape index (κ3) is 2.36. The van der Waals surface area contributed by atoms with Crippen LogP contribution in [-0.4, -0.2) is 4.98 Å². The van der Waals surface area contributed by atoms with E-state index in [2.05, 4.69) is 24.1 Å². The molecule has 1 aromatic carbocycles. The van der Waals surface area contributed by atoms with Crippen LogP contribution in [0.2, 0.25) is 0 Å². The Balaban J connectivity index is 2.18. The van der Waals surface area contributed by atoms with Gasteiger partial charge in [0.15, 0.2) is 5.13 Å². The summed E-state index contributed by atoms with van der Waals surface area (Å²) in [5.41, 5.74) is 2.23. The summed E-state index contributed by atoms with van der Waals surface area (Å²) in [6, 6.07) is 10.1. The molecule has 0 unspecified atom stereocenters. The number of aryl methyl sites for hydroxylation is 2. The van der Waals surface area contributed by atoms with Crippen LogP contribution in [0.3, 0.4) is 0 Å². The van der Waals surface area contributed by atoms with Gasteiger partial charge in [-0.25, -0.2) is 4.98 Å². The van der Waals surface area contributed by atoms with Crippen molar-refractivity contribution in [3.05, 3.63) is 40.9 Å². The smallest absolute Gasteiger partial charge is 0.187 e. The van der Waals surface area contributed by atoms with Crippen molar-refractivity contribution >= 4 is 22.2 Å². The van der Waals surface area contributed by atoms with E-state index in [-0.39, 0.29) is 0 Å². The molecule has 0 aliphatic rings. The van der Waals surface area contributed by atoms with Crippen molar-refractivity contribution in [3.8, 4) is 0 Å². The molecule has 0 atom stereocenters. The summed E-state index contributed by atoms with van der Waals surface area (Å²) in [6.07, 6.45) is 1.06. The van der Waals surface area contributed by atoms with Gasteiger partial charge in [0.05, 0.1) is 5.69 Å². The molecule has 0 saturated carbocycles. The van der Waals surface area contributed by atoms with Gasteiger partial charge in [0.25, 0.3) is 0 Å². The maximum Gasteiger partial charge on any atom is 0.187 e. The highest BCUT2D eigenvalue weighted by atomic mass is 32.1. The van der Waals surface area contributed by atoms with Crippen molar-refractivity contribution in [2.45, 2.75) is 20.3 Å². The van der Waals surface area contributed by atoms with Gasteiger partial charge in [-0.05, 0) is 25.5 Å². The quantitative estimate of drug-likeness (QED) is 0.848. The molecule has 0 aliphatic heterocycles. The number of para-hydroxylation sites is 1. The molecule has 2 aromatic rings. The van der Waals surface area contributed by atoms with Crippen LogP contribution in [0.25, 0.3) is 0 Å². The maximum atomic E-state index is 4.48. The molecule has 1 heterocycles. The minimum Gasteiger partial charge on any atom is -0.332 e. The number of nitrogens with zero attached hydrogens (tertiary/aromatic N) is 1. The summed E-state index contributed by atoms with van der Waals surface area (Å²) in [4.78, 5) is 5.84. The molecular weight excluding hydrogens is 204 g/mol. The van der Waals surface area contributed by atoms with E-state index in [0.29, 0.717) is 0 Å². The average molecular weight is 218 g/mol. The average Bonchev–Trinajstić information content (AvgIpc) is 2.60. The van der Waals surface area contributed by atoms with Crippen molar-refractivity contribution < 1.29 is 0 Å². The standard InChI is InChI=1S/C12H14N2S/c1-3-11-9(2)13-12(15-11)14-10-7-5-4-6-8-10/h4-8H,3H2,1-2H3,(H,13,14). The first-order chi connectivity index (χ1) is 7.29. The highest BCUT2D eigenvalue weighted by Gasteiger charge is 2.05. The zero-order valence-corrected chi connectivity index (χ0v) is 9.77. The Kier molecular flexibility index (Phi) is 3.02. The number of benzene rings is 1. The number of aromatic nitrogens is 1. The second kappa shape index (κ2) is 4.45. The van der Waals surface area contributed by atoms with Crippen molar-refractivity contribution in [2.24, 2.45) is 0 Å². The number of hydrogen-bond acceptors (Lipinski definition) is 3. The zero-order chi connectivity index (χ0) is 10.7. The van der Waals surface area contributed by atoms with Crippen LogP contribution >= 0.6 is 11.3 Å². The number of rotatable bonds is 3. The van der Waals surface area contributed by atoms with Crippen molar-refractivity contribution in [1.29, 1.82) is 0 Å². The second-order valence-corrected chi connectivity index (χ2v) is 4.46. The number of hydrogen-bond donors (Lipinski definition) is 1. The summed E-state index contributed by atoms with van der Waals surface area (Å²) >= 11 is 1.73. The molecule has 2 nitrogen and oxygen atoms in total. The third-order valence-corrected chi connectivity index (χ3v) is 3.46. The van der Waals surface area contributed by atoms with E-state index < -0.39 is 0 Å². The Bertz CT molecular complexity index is 434. The molecule has 0 bridgehead atoms. The van der Waals surface area contributed by atoms with Gasteiger partial charge in [0, 0.05) is 10.6 Å². The van der Waals surface area contributed by atoms with Gasteiger partial charge in [-0.15, -0.1) is 11.3 Å². The Morgan fingerprint density at radius 2 is 2.00 bits per heavy atom. The van der Waals surface area contributed by atoms with E-state index in [0.717, 1.165) is 22.9 Å². The van der Waals surface area contributed by atoms with E-state index >= 15 is 0 Å². The van der Waals surface area contributed by atoms with Gasteiger partial charge in [-0.3, -0.25) is 0 Å². The summed E-state index contributed by atoms with van der Waals surface area (Å²) in [6.45, 7) is 4.22. The van der Waals surface area contributed by atoms with Crippen molar-refractivity contribution in [3.63, 3.8) is 0 Å². The predicted octanol–water partition coefficient (Wildman–Crippen LogP) is 3.76. The molecule has 0 saturated heterocycles. The van der Waals surface area contributed by atoms with Crippen LogP contribution in [0.4, 0.5) is 10.8 Å². The van der Waals surface area contributed by atoms with E-state index in [1.807, 2.05) is 30.3 Å². The van der Waals surface area contributed by atoms with Crippen LogP contribution in [0.5, 0.6) is 0 Å². The molecule has 1 aromatic heterocycles. The van der Waals surface area contributed by atoms with Crippen LogP contribution in [-0.2, 0) is 6.42 Å². The summed E-state index contributed by atoms with van der Waals surface area (Å²) in [5.74, 6) is 0. The van der Waals surface area contributed by atoms with Gasteiger partial charge >= 0.3 is 0 Å². The summed E-state index contributed by atoms with van der Waals surface area (Å²) in [7, 11) is 0. The third-order valence-electron chi connectivity index (χ3n) is 2.24. The lowest BCUT2D eigenvalue weighted by Crippen LogP contribution is -1.88. The monoisotopic (exact) mass is 218 g/mol. The lowest BCUT2D eigenvalue weighted by Gasteiger charge is -2.00. The first-order valence-corrected chi connectivity index (χ1v) is 5.89. The maximum absolute atomic E-state index is 4.48. The minimum absolute atomic E-state index is 0.982. The Morgan fingerprint density at radius 1 is 1.27 bits per heavy atom. The van der Waals surface area contributed by atoms with Crippen LogP contribution in [0.1, 0.15) is 17.5 Å². The van der Waals surface area contributed by atoms with Gasteiger partial charge in [0.2, 0.25) is 0 Å². The predicted molar refractivity (Wildman–Crippen MR) is 66.0 cm³/mol. The van der Waals surface area contributed by atoms with Crippen LogP contribution < -0.4 is 5.32 Å². The highest BCUT2D eigenvalue weighted by molar-refractivity contribution is 7.15. The van der Waals surface area contributed by atoms with Gasteiger partial charge in [-0.2, -0.15) is 0 Å². The number of nitrogens with one attached hydrogen (secondary N) is 1. The van der Waals surface area contributed by atoms with Crippen molar-refractivity contribution in [1.82, 2.24) is 4.98 Å². The van der Waals surface area contributed by atoms with Gasteiger partial charge in [-0.1, -0.05) is 25.1 Å². The molecule has 0 radical (unpaired) electrons. The van der Waals surface area contributed by atoms with E-state index in [4.69, 9.17) is 0 Å². The SMILES string of the molecule is CCc1sc(Nc2ccccc2)nc1C. The fraction of sp³-hybridized carbons (Fsp3) is 0.250. The Hall–Kier alpha value is -1.35. The molecular formula is C12H14N2S. The minimum atomic E-state index is 0.982. The molecule has 0 spiro atoms. The first kappa shape index (κ1) is 10.2. The fourth-order valence-corrected chi connectivity index (χ4v) is 2.38. The Labute approximate surface area is 94.0 Å². The van der Waals surface area contributed by atoms with Crippen molar-refractivity contribution in [2.75, 3.05) is 5.32 Å². The zero-order valence-electron chi connectivity index (χ0n) is 8.95. The summed E-state index contributed by atoms with van der Waals surface area (Å²) in [5, 5.41) is 4.29. The fourth-order valence-electron chi connectivity index (χ4n) is 1.45. The molecule has 0 fully saturated rings. The van der Waals surface area contributed by atoms with E-state index in [1.54, 1.807) is 11.3 Å². The van der Waals surface area contributed by atoms with E-state index in [1.165, 1.54) is 4.88 Å². The first-order valence-electron chi connectivity index (χ1n) is 5.08. The number of anilines is 2. The molecule has 2 rings (SSSR count). The Morgan fingerprint density at radius 3 is 2.60 bits per heavy atom. The van der Waals surface area contributed by atoms with E-state index in [9.17, 15) is 0 Å². The highest BCUT2D eigenvalue weighted by Crippen LogP contribution is 2.25. The normalized spacial score (nSPS) is 10.3. The molecule has 0 amide bonds. The van der Waals surface area contributed by atoms with Gasteiger partial charge in [0.1, 0.15) is 0 Å². The lowest BCUT2D eigenvalue weighted by molar-refractivity contribution is 1.11. The second-order valence-electron chi connectivity index (χ2n) is 3.37. The van der Waals surface area contributed by atoms with Crippen LogP contribution in [0, 0.1) is 6.92 Å². The number of thiazole rings is 1. The largest absolute Gasteiger partial charge is 0.332 e. The molecule has 15 heavy (non-hydrogen) atoms.